The Bertz CT molecular complexity index is 324. The second-order valence-corrected chi connectivity index (χ2v) is 3.23. The number of Topliss-reactive ketones (excluding diaryl/α,β-unsaturated/α-hetero) is 1. The SMILES string of the molecule is COCCN(C)c1cnc(C(C)=O)cn1. The summed E-state index contributed by atoms with van der Waals surface area (Å²) in [4.78, 5) is 21.0. The second-order valence-electron chi connectivity index (χ2n) is 3.23. The van der Waals surface area contributed by atoms with Crippen molar-refractivity contribution in [2.75, 3.05) is 32.2 Å². The fraction of sp³-hybridized carbons (Fsp3) is 0.500. The monoisotopic (exact) mass is 209 g/mol. The van der Waals surface area contributed by atoms with Gasteiger partial charge in [-0.3, -0.25) is 4.79 Å². The summed E-state index contributed by atoms with van der Waals surface area (Å²) < 4.78 is 4.95. The van der Waals surface area contributed by atoms with Crippen molar-refractivity contribution < 1.29 is 9.53 Å². The van der Waals surface area contributed by atoms with Crippen LogP contribution in [0.5, 0.6) is 0 Å². The van der Waals surface area contributed by atoms with Gasteiger partial charge in [-0.05, 0) is 0 Å². The van der Waals surface area contributed by atoms with Gasteiger partial charge in [-0.25, -0.2) is 9.97 Å². The number of ketones is 1. The third-order valence-electron chi connectivity index (χ3n) is 2.02. The van der Waals surface area contributed by atoms with Crippen LogP contribution < -0.4 is 4.90 Å². The van der Waals surface area contributed by atoms with E-state index in [4.69, 9.17) is 4.74 Å². The van der Waals surface area contributed by atoms with E-state index in [9.17, 15) is 4.79 Å². The molecule has 5 nitrogen and oxygen atoms in total. The van der Waals surface area contributed by atoms with Crippen LogP contribution in [0.25, 0.3) is 0 Å². The van der Waals surface area contributed by atoms with Crippen molar-refractivity contribution in [3.8, 4) is 0 Å². The fourth-order valence-corrected chi connectivity index (χ4v) is 1.04. The minimum absolute atomic E-state index is 0.0754. The third kappa shape index (κ3) is 3.28. The lowest BCUT2D eigenvalue weighted by atomic mass is 10.3. The molecule has 0 N–H and O–H groups in total. The number of ether oxygens (including phenoxy) is 1. The Balaban J connectivity index is 2.66. The molecule has 15 heavy (non-hydrogen) atoms. The maximum atomic E-state index is 11.0. The highest BCUT2D eigenvalue weighted by Gasteiger charge is 2.05. The molecular weight excluding hydrogens is 194 g/mol. The second kappa shape index (κ2) is 5.41. The average Bonchev–Trinajstić information content (AvgIpc) is 2.26. The van der Waals surface area contributed by atoms with E-state index in [0.717, 1.165) is 12.4 Å². The summed E-state index contributed by atoms with van der Waals surface area (Å²) in [5, 5.41) is 0. The maximum absolute atomic E-state index is 11.0. The largest absolute Gasteiger partial charge is 0.383 e. The number of methoxy groups -OCH3 is 1. The summed E-state index contributed by atoms with van der Waals surface area (Å²) in [5.41, 5.74) is 0.388. The highest BCUT2D eigenvalue weighted by Crippen LogP contribution is 2.06. The van der Waals surface area contributed by atoms with E-state index < -0.39 is 0 Å². The number of aromatic nitrogens is 2. The molecule has 0 aliphatic heterocycles. The van der Waals surface area contributed by atoms with Crippen LogP contribution in [0.2, 0.25) is 0 Å². The van der Waals surface area contributed by atoms with Gasteiger partial charge >= 0.3 is 0 Å². The molecule has 0 aliphatic carbocycles. The molecule has 0 radical (unpaired) electrons. The van der Waals surface area contributed by atoms with E-state index in [1.54, 1.807) is 13.3 Å². The van der Waals surface area contributed by atoms with E-state index >= 15 is 0 Å². The lowest BCUT2D eigenvalue weighted by Crippen LogP contribution is -2.23. The number of hydrogen-bond acceptors (Lipinski definition) is 5. The third-order valence-corrected chi connectivity index (χ3v) is 2.02. The molecule has 0 saturated heterocycles. The first-order valence-corrected chi connectivity index (χ1v) is 4.68. The van der Waals surface area contributed by atoms with Gasteiger partial charge in [-0.2, -0.15) is 0 Å². The maximum Gasteiger partial charge on any atom is 0.179 e. The van der Waals surface area contributed by atoms with E-state index in [1.807, 2.05) is 11.9 Å². The number of anilines is 1. The van der Waals surface area contributed by atoms with Gasteiger partial charge in [0.1, 0.15) is 11.5 Å². The molecule has 0 aromatic carbocycles. The average molecular weight is 209 g/mol. The molecule has 5 heteroatoms. The molecule has 0 spiro atoms. The normalized spacial score (nSPS) is 10.1. The van der Waals surface area contributed by atoms with Crippen molar-refractivity contribution >= 4 is 11.6 Å². The van der Waals surface area contributed by atoms with E-state index in [2.05, 4.69) is 9.97 Å². The zero-order valence-electron chi connectivity index (χ0n) is 9.23. The lowest BCUT2D eigenvalue weighted by molar-refractivity contribution is 0.101. The van der Waals surface area contributed by atoms with Gasteiger partial charge < -0.3 is 9.64 Å². The standard InChI is InChI=1S/C10H15N3O2/c1-8(14)9-6-12-10(7-11-9)13(2)4-5-15-3/h6-7H,4-5H2,1-3H3. The van der Waals surface area contributed by atoms with Gasteiger partial charge in [0.15, 0.2) is 5.78 Å². The number of carbonyl (C=O) groups is 1. The molecule has 1 aromatic heterocycles. The lowest BCUT2D eigenvalue weighted by Gasteiger charge is -2.16. The minimum Gasteiger partial charge on any atom is -0.383 e. The Morgan fingerprint density at radius 3 is 2.67 bits per heavy atom. The Labute approximate surface area is 89.1 Å². The van der Waals surface area contributed by atoms with Gasteiger partial charge in [0, 0.05) is 27.6 Å². The predicted octanol–water partition coefficient (Wildman–Crippen LogP) is 0.762. The Hall–Kier alpha value is -1.49. The molecule has 0 unspecified atom stereocenters. The highest BCUT2D eigenvalue weighted by molar-refractivity contribution is 5.91. The van der Waals surface area contributed by atoms with E-state index in [-0.39, 0.29) is 5.78 Å². The zero-order chi connectivity index (χ0) is 11.3. The first-order chi connectivity index (χ1) is 7.15. The Morgan fingerprint density at radius 2 is 2.20 bits per heavy atom. The van der Waals surface area contributed by atoms with Crippen LogP contribution in [0, 0.1) is 0 Å². The van der Waals surface area contributed by atoms with Gasteiger partial charge in [0.25, 0.3) is 0 Å². The molecule has 0 fully saturated rings. The smallest absolute Gasteiger partial charge is 0.179 e. The van der Waals surface area contributed by atoms with Crippen molar-refractivity contribution in [1.29, 1.82) is 0 Å². The van der Waals surface area contributed by atoms with Gasteiger partial charge in [0.2, 0.25) is 0 Å². The number of likely N-dealkylation sites (N-methyl/N-ethyl adjacent to an activating group) is 1. The van der Waals surface area contributed by atoms with Crippen molar-refractivity contribution in [2.45, 2.75) is 6.92 Å². The van der Waals surface area contributed by atoms with Crippen LogP contribution in [-0.4, -0.2) is 43.1 Å². The molecule has 0 aliphatic rings. The van der Waals surface area contributed by atoms with Crippen molar-refractivity contribution in [1.82, 2.24) is 9.97 Å². The van der Waals surface area contributed by atoms with Crippen LogP contribution in [0.4, 0.5) is 5.82 Å². The van der Waals surface area contributed by atoms with Crippen LogP contribution in [0.3, 0.4) is 0 Å². The topological polar surface area (TPSA) is 55.3 Å². The summed E-state index contributed by atoms with van der Waals surface area (Å²) in [5.74, 6) is 0.658. The molecule has 1 aromatic rings. The van der Waals surface area contributed by atoms with Crippen LogP contribution >= 0.6 is 0 Å². The number of nitrogens with zero attached hydrogens (tertiary/aromatic N) is 3. The number of hydrogen-bond donors (Lipinski definition) is 0. The Kier molecular flexibility index (Phi) is 4.17. The van der Waals surface area contributed by atoms with Crippen molar-refractivity contribution in [3.05, 3.63) is 18.1 Å². The summed E-state index contributed by atoms with van der Waals surface area (Å²) in [7, 11) is 3.55. The fourth-order valence-electron chi connectivity index (χ4n) is 1.04. The first kappa shape index (κ1) is 11.6. The summed E-state index contributed by atoms with van der Waals surface area (Å²) in [6.07, 6.45) is 3.08. The number of rotatable bonds is 5. The van der Waals surface area contributed by atoms with E-state index in [0.29, 0.717) is 12.3 Å². The molecule has 0 saturated carbocycles. The van der Waals surface area contributed by atoms with Crippen LogP contribution in [0.1, 0.15) is 17.4 Å². The van der Waals surface area contributed by atoms with Gasteiger partial charge in [-0.1, -0.05) is 0 Å². The molecule has 1 rings (SSSR count). The van der Waals surface area contributed by atoms with Crippen LogP contribution in [0.15, 0.2) is 12.4 Å². The zero-order valence-corrected chi connectivity index (χ0v) is 9.23. The molecule has 82 valence electrons. The highest BCUT2D eigenvalue weighted by atomic mass is 16.5. The first-order valence-electron chi connectivity index (χ1n) is 4.68. The minimum atomic E-state index is -0.0754. The predicted molar refractivity (Wildman–Crippen MR) is 57.2 cm³/mol. The summed E-state index contributed by atoms with van der Waals surface area (Å²) in [6, 6.07) is 0. The van der Waals surface area contributed by atoms with E-state index in [1.165, 1.54) is 13.1 Å². The molecule has 1 heterocycles. The van der Waals surface area contributed by atoms with Crippen LogP contribution in [-0.2, 0) is 4.74 Å². The Morgan fingerprint density at radius 1 is 1.47 bits per heavy atom. The van der Waals surface area contributed by atoms with Gasteiger partial charge in [-0.15, -0.1) is 0 Å². The molecule has 0 bridgehead atoms. The van der Waals surface area contributed by atoms with Crippen molar-refractivity contribution in [2.24, 2.45) is 0 Å². The molecule has 0 amide bonds. The van der Waals surface area contributed by atoms with Crippen molar-refractivity contribution in [3.63, 3.8) is 0 Å². The molecular formula is C10H15N3O2. The summed E-state index contributed by atoms with van der Waals surface area (Å²) >= 11 is 0. The number of carbonyl (C=O) groups excluding carboxylic acids is 1. The molecule has 0 atom stereocenters. The quantitative estimate of drug-likeness (QED) is 0.670. The summed E-state index contributed by atoms with van der Waals surface area (Å²) in [6.45, 7) is 2.84. The van der Waals surface area contributed by atoms with Gasteiger partial charge in [0.05, 0.1) is 19.0 Å².